The molecule has 1 aromatic heterocycles. The topological polar surface area (TPSA) is 81.5 Å². The van der Waals surface area contributed by atoms with Crippen LogP contribution >= 0.6 is 23.5 Å². The zero-order valence-corrected chi connectivity index (χ0v) is 19.2. The lowest BCUT2D eigenvalue weighted by molar-refractivity contribution is 0.240. The fourth-order valence-corrected chi connectivity index (χ4v) is 4.46. The van der Waals surface area contributed by atoms with E-state index < -0.39 is 0 Å². The van der Waals surface area contributed by atoms with Crippen LogP contribution in [0.4, 0.5) is 4.39 Å². The van der Waals surface area contributed by atoms with Gasteiger partial charge in [-0.3, -0.25) is 4.90 Å². The van der Waals surface area contributed by atoms with Gasteiger partial charge in [-0.1, -0.05) is 23.5 Å². The van der Waals surface area contributed by atoms with Gasteiger partial charge < -0.3 is 25.5 Å². The summed E-state index contributed by atoms with van der Waals surface area (Å²) < 4.78 is 24.6. The minimum Gasteiger partial charge on any atom is -0.490 e. The molecule has 0 spiro atoms. The van der Waals surface area contributed by atoms with E-state index in [4.69, 9.17) is 27.8 Å². The lowest BCUT2D eigenvalue weighted by Gasteiger charge is -2.20. The van der Waals surface area contributed by atoms with Crippen molar-refractivity contribution >= 4 is 34.5 Å². The van der Waals surface area contributed by atoms with Gasteiger partial charge in [0.05, 0.1) is 10.5 Å². The predicted molar refractivity (Wildman–Crippen MR) is 130 cm³/mol. The molecule has 168 valence electrons. The molecule has 0 fully saturated rings. The molecule has 4 rings (SSSR count). The molecule has 2 aromatic carbocycles. The Hall–Kier alpha value is -2.81. The molecule has 0 atom stereocenters. The second-order valence-corrected chi connectivity index (χ2v) is 8.53. The Bertz CT molecular complexity index is 1190. The van der Waals surface area contributed by atoms with Crippen molar-refractivity contribution in [3.8, 4) is 11.4 Å². The summed E-state index contributed by atoms with van der Waals surface area (Å²) >= 11 is 8.04. The number of rotatable bonds is 6. The molecule has 0 saturated heterocycles. The zero-order chi connectivity index (χ0) is 22.7. The number of ether oxygens (including phenoxy) is 1. The van der Waals surface area contributed by atoms with Crippen LogP contribution in [0.3, 0.4) is 0 Å². The van der Waals surface area contributed by atoms with Crippen LogP contribution in [0, 0.1) is 5.82 Å². The minimum absolute atomic E-state index is 0.259. The van der Waals surface area contributed by atoms with E-state index in [1.54, 1.807) is 12.3 Å². The number of fused-ring (bicyclic) bond motifs is 2. The standard InChI is InChI=1S/C23H25ClFN5OS/c1-32-28-22(27)8-15(12-26)13-29-6-7-31-23-17(14-29)10-19(11-20(23)24)30-5-4-16-9-18(25)2-3-21(16)30/h2-5,8-12,28H,6-7,13-14,26-27H2,1H3/b15-12+,22-8+. The van der Waals surface area contributed by atoms with Crippen molar-refractivity contribution in [2.75, 3.05) is 26.0 Å². The van der Waals surface area contributed by atoms with Gasteiger partial charge in [0.2, 0.25) is 0 Å². The van der Waals surface area contributed by atoms with Crippen molar-refractivity contribution < 1.29 is 9.13 Å². The van der Waals surface area contributed by atoms with E-state index in [2.05, 4.69) is 15.7 Å². The lowest BCUT2D eigenvalue weighted by Crippen LogP contribution is -2.28. The number of hydrogen-bond acceptors (Lipinski definition) is 6. The average molecular weight is 474 g/mol. The molecule has 1 aliphatic rings. The van der Waals surface area contributed by atoms with Crippen LogP contribution in [0.2, 0.25) is 5.02 Å². The minimum atomic E-state index is -0.259. The largest absolute Gasteiger partial charge is 0.490 e. The van der Waals surface area contributed by atoms with Crippen LogP contribution in [0.1, 0.15) is 5.56 Å². The molecule has 0 amide bonds. The summed E-state index contributed by atoms with van der Waals surface area (Å²) in [5.74, 6) is 0.977. The highest BCUT2D eigenvalue weighted by molar-refractivity contribution is 7.96. The van der Waals surface area contributed by atoms with Crippen molar-refractivity contribution in [3.63, 3.8) is 0 Å². The van der Waals surface area contributed by atoms with Crippen LogP contribution in [-0.4, -0.2) is 35.4 Å². The number of nitrogens with two attached hydrogens (primary N) is 2. The van der Waals surface area contributed by atoms with Crippen LogP contribution in [0.25, 0.3) is 16.6 Å². The maximum Gasteiger partial charge on any atom is 0.142 e. The highest BCUT2D eigenvalue weighted by Gasteiger charge is 2.20. The first kappa shape index (κ1) is 22.4. The van der Waals surface area contributed by atoms with Crippen molar-refractivity contribution in [1.82, 2.24) is 14.2 Å². The van der Waals surface area contributed by atoms with Gasteiger partial charge in [0.15, 0.2) is 0 Å². The Labute approximate surface area is 195 Å². The molecule has 6 nitrogen and oxygen atoms in total. The third kappa shape index (κ3) is 4.82. The number of nitrogens with zero attached hydrogens (tertiary/aromatic N) is 2. The Morgan fingerprint density at radius 3 is 2.94 bits per heavy atom. The SMILES string of the molecule is CSN/C(N)=C/C(=C\N)CN1CCOc2c(Cl)cc(-n3ccc4cc(F)ccc43)cc2C1. The van der Waals surface area contributed by atoms with Crippen molar-refractivity contribution in [2.24, 2.45) is 11.5 Å². The van der Waals surface area contributed by atoms with Gasteiger partial charge >= 0.3 is 0 Å². The number of hydrogen-bond donors (Lipinski definition) is 3. The van der Waals surface area contributed by atoms with Gasteiger partial charge in [-0.2, -0.15) is 0 Å². The number of aromatic nitrogens is 1. The highest BCUT2D eigenvalue weighted by atomic mass is 35.5. The second kappa shape index (κ2) is 9.77. The van der Waals surface area contributed by atoms with Gasteiger partial charge in [-0.25, -0.2) is 4.39 Å². The van der Waals surface area contributed by atoms with Gasteiger partial charge in [0.1, 0.15) is 24.0 Å². The molecule has 0 aliphatic carbocycles. The van der Waals surface area contributed by atoms with Crippen molar-refractivity contribution in [2.45, 2.75) is 6.54 Å². The first-order chi connectivity index (χ1) is 15.5. The monoisotopic (exact) mass is 473 g/mol. The second-order valence-electron chi connectivity index (χ2n) is 7.51. The highest BCUT2D eigenvalue weighted by Crippen LogP contribution is 2.35. The lowest BCUT2D eigenvalue weighted by atomic mass is 10.1. The van der Waals surface area contributed by atoms with E-state index in [0.29, 0.717) is 42.8 Å². The van der Waals surface area contributed by atoms with E-state index in [0.717, 1.165) is 27.7 Å². The zero-order valence-electron chi connectivity index (χ0n) is 17.6. The first-order valence-corrected chi connectivity index (χ1v) is 11.7. The van der Waals surface area contributed by atoms with E-state index in [1.165, 1.54) is 24.1 Å². The summed E-state index contributed by atoms with van der Waals surface area (Å²) in [7, 11) is 0. The van der Waals surface area contributed by atoms with Gasteiger partial charge in [0, 0.05) is 48.7 Å². The Morgan fingerprint density at radius 1 is 1.31 bits per heavy atom. The summed E-state index contributed by atoms with van der Waals surface area (Å²) in [4.78, 5) is 2.23. The quantitative estimate of drug-likeness (QED) is 0.369. The fourth-order valence-electron chi connectivity index (χ4n) is 3.87. The van der Waals surface area contributed by atoms with Crippen LogP contribution in [0.5, 0.6) is 5.75 Å². The molecule has 9 heteroatoms. The number of nitrogens with one attached hydrogen (secondary N) is 1. The van der Waals surface area contributed by atoms with E-state index in [1.807, 2.05) is 35.2 Å². The summed E-state index contributed by atoms with van der Waals surface area (Å²) in [5.41, 5.74) is 15.5. The molecule has 0 bridgehead atoms. The predicted octanol–water partition coefficient (Wildman–Crippen LogP) is 4.13. The molecular weight excluding hydrogens is 449 g/mol. The number of benzene rings is 2. The molecule has 32 heavy (non-hydrogen) atoms. The van der Waals surface area contributed by atoms with E-state index >= 15 is 0 Å². The normalized spacial score (nSPS) is 15.3. The molecular formula is C23H25ClFN5OS. The third-order valence-electron chi connectivity index (χ3n) is 5.26. The van der Waals surface area contributed by atoms with Gasteiger partial charge in [0.25, 0.3) is 0 Å². The van der Waals surface area contributed by atoms with Crippen LogP contribution < -0.4 is 20.9 Å². The van der Waals surface area contributed by atoms with E-state index in [9.17, 15) is 4.39 Å². The molecule has 1 aliphatic heterocycles. The maximum absolute atomic E-state index is 13.6. The molecule has 5 N–H and O–H groups in total. The number of halogens is 2. The Balaban J connectivity index is 1.64. The summed E-state index contributed by atoms with van der Waals surface area (Å²) in [6.45, 7) is 2.48. The molecule has 0 unspecified atom stereocenters. The summed E-state index contributed by atoms with van der Waals surface area (Å²) in [6, 6.07) is 10.6. The molecule has 0 radical (unpaired) electrons. The van der Waals surface area contributed by atoms with E-state index in [-0.39, 0.29) is 5.82 Å². The Morgan fingerprint density at radius 2 is 2.16 bits per heavy atom. The van der Waals surface area contributed by atoms with Crippen molar-refractivity contribution in [3.05, 3.63) is 82.7 Å². The molecule has 2 heterocycles. The van der Waals surface area contributed by atoms with Crippen molar-refractivity contribution in [1.29, 1.82) is 0 Å². The average Bonchev–Trinajstić information content (AvgIpc) is 3.06. The third-order valence-corrected chi connectivity index (χ3v) is 5.99. The fraction of sp³-hybridized carbons (Fsp3) is 0.217. The first-order valence-electron chi connectivity index (χ1n) is 10.1. The summed E-state index contributed by atoms with van der Waals surface area (Å²) in [5, 5.41) is 1.38. The smallest absolute Gasteiger partial charge is 0.142 e. The van der Waals surface area contributed by atoms with Crippen LogP contribution in [0.15, 0.2) is 66.3 Å². The summed E-state index contributed by atoms with van der Waals surface area (Å²) in [6.07, 6.45) is 7.22. The maximum atomic E-state index is 13.6. The Kier molecular flexibility index (Phi) is 6.83. The van der Waals surface area contributed by atoms with Gasteiger partial charge in [-0.15, -0.1) is 0 Å². The molecule has 3 aromatic rings. The van der Waals surface area contributed by atoms with Gasteiger partial charge in [-0.05, 0) is 54.2 Å². The molecule has 0 saturated carbocycles. The van der Waals surface area contributed by atoms with Crippen LogP contribution in [-0.2, 0) is 6.54 Å².